The Balaban J connectivity index is 2.37. The molecule has 0 radical (unpaired) electrons. The van der Waals surface area contributed by atoms with Gasteiger partial charge in [0.05, 0.1) is 5.69 Å². The SMILES string of the molecule is CCC(C)NCc1nn(-c2cccc(Cl)c2)c(=O)cc1O. The molecule has 1 atom stereocenters. The standard InChI is InChI=1S/C15H18ClN3O2/c1-3-10(2)17-9-13-14(20)8-15(21)19(18-13)12-6-4-5-11(16)7-12/h4-8,10,17,20H,3,9H2,1-2H3. The molecule has 21 heavy (non-hydrogen) atoms. The summed E-state index contributed by atoms with van der Waals surface area (Å²) in [4.78, 5) is 12.0. The fourth-order valence-electron chi connectivity index (χ4n) is 1.82. The molecule has 1 aromatic heterocycles. The first kappa shape index (κ1) is 15.5. The fourth-order valence-corrected chi connectivity index (χ4v) is 2.00. The molecule has 0 aliphatic rings. The van der Waals surface area contributed by atoms with Crippen molar-refractivity contribution in [1.29, 1.82) is 0 Å². The summed E-state index contributed by atoms with van der Waals surface area (Å²) in [6.07, 6.45) is 0.967. The first-order valence-electron chi connectivity index (χ1n) is 6.82. The van der Waals surface area contributed by atoms with Crippen molar-refractivity contribution in [3.05, 3.63) is 51.4 Å². The van der Waals surface area contributed by atoms with E-state index in [4.69, 9.17) is 11.6 Å². The van der Waals surface area contributed by atoms with Crippen LogP contribution in [0, 0.1) is 0 Å². The van der Waals surface area contributed by atoms with Crippen LogP contribution in [0.2, 0.25) is 5.02 Å². The molecule has 0 aliphatic heterocycles. The Bertz CT molecular complexity index is 685. The molecule has 0 aliphatic carbocycles. The summed E-state index contributed by atoms with van der Waals surface area (Å²) in [6.45, 7) is 4.50. The van der Waals surface area contributed by atoms with Crippen LogP contribution in [0.15, 0.2) is 35.1 Å². The van der Waals surface area contributed by atoms with E-state index in [1.54, 1.807) is 24.3 Å². The Morgan fingerprint density at radius 3 is 2.86 bits per heavy atom. The fraction of sp³-hybridized carbons (Fsp3) is 0.333. The Morgan fingerprint density at radius 1 is 1.43 bits per heavy atom. The highest BCUT2D eigenvalue weighted by atomic mass is 35.5. The van der Waals surface area contributed by atoms with Gasteiger partial charge in [0.15, 0.2) is 0 Å². The van der Waals surface area contributed by atoms with Crippen LogP contribution < -0.4 is 10.9 Å². The minimum atomic E-state index is -0.401. The molecule has 0 amide bonds. The molecule has 1 unspecified atom stereocenters. The highest BCUT2D eigenvalue weighted by molar-refractivity contribution is 6.30. The maximum atomic E-state index is 12.0. The van der Waals surface area contributed by atoms with Crippen molar-refractivity contribution in [3.63, 3.8) is 0 Å². The van der Waals surface area contributed by atoms with Crippen molar-refractivity contribution in [3.8, 4) is 11.4 Å². The summed E-state index contributed by atoms with van der Waals surface area (Å²) in [5.74, 6) is -0.103. The molecule has 2 rings (SSSR count). The first-order chi connectivity index (χ1) is 10.0. The number of nitrogens with zero attached hydrogens (tertiary/aromatic N) is 2. The maximum absolute atomic E-state index is 12.0. The predicted molar refractivity (Wildman–Crippen MR) is 83.1 cm³/mol. The van der Waals surface area contributed by atoms with E-state index in [9.17, 15) is 9.90 Å². The monoisotopic (exact) mass is 307 g/mol. The number of halogens is 1. The van der Waals surface area contributed by atoms with Crippen LogP contribution >= 0.6 is 11.6 Å². The second-order valence-corrected chi connectivity index (χ2v) is 5.33. The number of benzene rings is 1. The number of aromatic hydroxyl groups is 1. The van der Waals surface area contributed by atoms with E-state index in [0.717, 1.165) is 6.42 Å². The lowest BCUT2D eigenvalue weighted by Gasteiger charge is -2.13. The van der Waals surface area contributed by atoms with Crippen LogP contribution in [0.5, 0.6) is 5.75 Å². The van der Waals surface area contributed by atoms with Crippen molar-refractivity contribution >= 4 is 11.6 Å². The lowest BCUT2D eigenvalue weighted by molar-refractivity contribution is 0.443. The Morgan fingerprint density at radius 2 is 2.19 bits per heavy atom. The summed E-state index contributed by atoms with van der Waals surface area (Å²) < 4.78 is 1.24. The van der Waals surface area contributed by atoms with Gasteiger partial charge in [0.25, 0.3) is 5.56 Å². The lowest BCUT2D eigenvalue weighted by atomic mass is 10.2. The van der Waals surface area contributed by atoms with Crippen molar-refractivity contribution in [1.82, 2.24) is 15.1 Å². The Kier molecular flexibility index (Phi) is 4.98. The molecule has 2 aromatic rings. The van der Waals surface area contributed by atoms with E-state index in [2.05, 4.69) is 17.3 Å². The van der Waals surface area contributed by atoms with E-state index in [1.807, 2.05) is 6.92 Å². The van der Waals surface area contributed by atoms with E-state index in [0.29, 0.717) is 29.0 Å². The number of hydrogen-bond acceptors (Lipinski definition) is 4. The van der Waals surface area contributed by atoms with Gasteiger partial charge >= 0.3 is 0 Å². The van der Waals surface area contributed by atoms with Gasteiger partial charge < -0.3 is 10.4 Å². The highest BCUT2D eigenvalue weighted by Gasteiger charge is 2.10. The Labute approximate surface area is 128 Å². The summed E-state index contributed by atoms with van der Waals surface area (Å²) in [7, 11) is 0. The van der Waals surface area contributed by atoms with E-state index < -0.39 is 5.56 Å². The molecule has 6 heteroatoms. The van der Waals surface area contributed by atoms with Gasteiger partial charge in [-0.15, -0.1) is 0 Å². The van der Waals surface area contributed by atoms with Gasteiger partial charge in [0, 0.05) is 23.7 Å². The van der Waals surface area contributed by atoms with Crippen LogP contribution in [-0.4, -0.2) is 20.9 Å². The van der Waals surface area contributed by atoms with E-state index in [-0.39, 0.29) is 5.75 Å². The third-order valence-corrected chi connectivity index (χ3v) is 3.50. The van der Waals surface area contributed by atoms with E-state index >= 15 is 0 Å². The van der Waals surface area contributed by atoms with E-state index in [1.165, 1.54) is 10.7 Å². The lowest BCUT2D eigenvalue weighted by Crippen LogP contribution is -2.28. The molecule has 2 N–H and O–H groups in total. The van der Waals surface area contributed by atoms with Crippen molar-refractivity contribution in [2.24, 2.45) is 0 Å². The largest absolute Gasteiger partial charge is 0.506 e. The van der Waals surface area contributed by atoms with Crippen LogP contribution in [0.4, 0.5) is 0 Å². The smallest absolute Gasteiger partial charge is 0.275 e. The van der Waals surface area contributed by atoms with Crippen molar-refractivity contribution in [2.75, 3.05) is 0 Å². The minimum absolute atomic E-state index is 0.103. The molecule has 0 saturated carbocycles. The van der Waals surface area contributed by atoms with Crippen LogP contribution in [0.1, 0.15) is 26.0 Å². The van der Waals surface area contributed by atoms with Gasteiger partial charge in [0.1, 0.15) is 11.4 Å². The number of aromatic nitrogens is 2. The number of rotatable bonds is 5. The van der Waals surface area contributed by atoms with Gasteiger partial charge in [0.2, 0.25) is 0 Å². The summed E-state index contributed by atoms with van der Waals surface area (Å²) in [5, 5.41) is 17.8. The van der Waals surface area contributed by atoms with Crippen molar-refractivity contribution < 1.29 is 5.11 Å². The number of nitrogens with one attached hydrogen (secondary N) is 1. The first-order valence-corrected chi connectivity index (χ1v) is 7.20. The predicted octanol–water partition coefficient (Wildman–Crippen LogP) is 2.48. The zero-order chi connectivity index (χ0) is 15.4. The third kappa shape index (κ3) is 3.83. The molecular formula is C15H18ClN3O2. The molecular weight excluding hydrogens is 290 g/mol. The third-order valence-electron chi connectivity index (χ3n) is 3.27. The average molecular weight is 308 g/mol. The topological polar surface area (TPSA) is 67.2 Å². The quantitative estimate of drug-likeness (QED) is 0.890. The molecule has 0 saturated heterocycles. The molecule has 5 nitrogen and oxygen atoms in total. The average Bonchev–Trinajstić information content (AvgIpc) is 2.46. The van der Waals surface area contributed by atoms with Gasteiger partial charge in [-0.1, -0.05) is 24.6 Å². The second kappa shape index (κ2) is 6.74. The maximum Gasteiger partial charge on any atom is 0.275 e. The zero-order valence-electron chi connectivity index (χ0n) is 12.0. The van der Waals surface area contributed by atoms with Gasteiger partial charge in [-0.3, -0.25) is 4.79 Å². The van der Waals surface area contributed by atoms with Gasteiger partial charge in [-0.05, 0) is 31.5 Å². The molecule has 1 aromatic carbocycles. The second-order valence-electron chi connectivity index (χ2n) is 4.90. The molecule has 1 heterocycles. The summed E-state index contributed by atoms with van der Waals surface area (Å²) in [5.41, 5.74) is 0.592. The van der Waals surface area contributed by atoms with Crippen LogP contribution in [0.3, 0.4) is 0 Å². The zero-order valence-corrected chi connectivity index (χ0v) is 12.8. The Hall–Kier alpha value is -1.85. The van der Waals surface area contributed by atoms with Crippen LogP contribution in [-0.2, 0) is 6.54 Å². The summed E-state index contributed by atoms with van der Waals surface area (Å²) >= 11 is 5.93. The molecule has 0 fully saturated rings. The van der Waals surface area contributed by atoms with Gasteiger partial charge in [-0.25, -0.2) is 0 Å². The normalized spacial score (nSPS) is 12.3. The van der Waals surface area contributed by atoms with Crippen molar-refractivity contribution in [2.45, 2.75) is 32.9 Å². The molecule has 0 spiro atoms. The van der Waals surface area contributed by atoms with Crippen LogP contribution in [0.25, 0.3) is 5.69 Å². The summed E-state index contributed by atoms with van der Waals surface area (Å²) in [6, 6.07) is 8.33. The number of hydrogen-bond donors (Lipinski definition) is 2. The highest BCUT2D eigenvalue weighted by Crippen LogP contribution is 2.15. The van der Waals surface area contributed by atoms with Gasteiger partial charge in [-0.2, -0.15) is 9.78 Å². The minimum Gasteiger partial charge on any atom is -0.506 e. The molecule has 112 valence electrons. The molecule has 0 bridgehead atoms.